The summed E-state index contributed by atoms with van der Waals surface area (Å²) in [7, 11) is 1.68. The molecule has 2 aromatic carbocycles. The lowest BCUT2D eigenvalue weighted by Crippen LogP contribution is -2.20. The van der Waals surface area contributed by atoms with Crippen molar-refractivity contribution in [3.63, 3.8) is 0 Å². The smallest absolute Gasteiger partial charge is 0.184 e. The van der Waals surface area contributed by atoms with Gasteiger partial charge in [-0.2, -0.15) is 0 Å². The largest absolute Gasteiger partial charge is 0.496 e. The minimum absolute atomic E-state index is 0.270. The normalized spacial score (nSPS) is 13.2. The van der Waals surface area contributed by atoms with E-state index in [0.29, 0.717) is 6.42 Å². The molecule has 3 aromatic rings. The van der Waals surface area contributed by atoms with Gasteiger partial charge < -0.3 is 15.2 Å². The molecule has 0 amide bonds. The molecule has 4 nitrogen and oxygen atoms in total. The second-order valence-corrected chi connectivity index (χ2v) is 7.44. The summed E-state index contributed by atoms with van der Waals surface area (Å²) in [6.07, 6.45) is 2.62. The number of methoxy groups -OCH3 is 1. The summed E-state index contributed by atoms with van der Waals surface area (Å²) in [5, 5.41) is 14.2. The van der Waals surface area contributed by atoms with Gasteiger partial charge in [0.1, 0.15) is 12.0 Å². The van der Waals surface area contributed by atoms with Gasteiger partial charge in [0.05, 0.1) is 7.11 Å². The number of para-hydroxylation sites is 1. The van der Waals surface area contributed by atoms with Crippen molar-refractivity contribution in [1.82, 2.24) is 4.98 Å². The maximum absolute atomic E-state index is 10.4. The van der Waals surface area contributed by atoms with Gasteiger partial charge >= 0.3 is 0 Å². The first-order chi connectivity index (χ1) is 12.7. The number of rotatable bonds is 8. The highest BCUT2D eigenvalue weighted by Crippen LogP contribution is 2.27. The lowest BCUT2D eigenvalue weighted by Gasteiger charge is -2.17. The molecular formula is C21H24N2O2S. The zero-order valence-electron chi connectivity index (χ0n) is 15.1. The Labute approximate surface area is 158 Å². The summed E-state index contributed by atoms with van der Waals surface area (Å²) in [6.45, 7) is 2.12. The molecule has 2 atom stereocenters. The number of aliphatic hydroxyl groups excluding tert-OH is 1. The van der Waals surface area contributed by atoms with Gasteiger partial charge in [0.2, 0.25) is 0 Å². The molecule has 0 aliphatic carbocycles. The van der Waals surface area contributed by atoms with Crippen molar-refractivity contribution in [3.8, 4) is 5.75 Å². The van der Waals surface area contributed by atoms with E-state index in [1.807, 2.05) is 42.6 Å². The standard InChI is InChI=1S/C21H24N2O2S/c1-15(16-8-4-3-5-9-16)12-20(24)23-21-22-14-18(26-21)13-17-10-6-7-11-19(17)25-2/h3-11,14-15,20,24H,12-13H2,1-2H3,(H,22,23). The predicted octanol–water partition coefficient (Wildman–Crippen LogP) is 4.67. The molecule has 5 heteroatoms. The van der Waals surface area contributed by atoms with E-state index in [2.05, 4.69) is 35.4 Å². The minimum Gasteiger partial charge on any atom is -0.496 e. The van der Waals surface area contributed by atoms with Crippen LogP contribution >= 0.6 is 11.3 Å². The van der Waals surface area contributed by atoms with E-state index in [9.17, 15) is 5.11 Å². The molecule has 0 spiro atoms. The van der Waals surface area contributed by atoms with E-state index in [0.717, 1.165) is 27.7 Å². The fourth-order valence-electron chi connectivity index (χ4n) is 2.95. The summed E-state index contributed by atoms with van der Waals surface area (Å²) < 4.78 is 5.40. The number of thiazole rings is 1. The lowest BCUT2D eigenvalue weighted by atomic mass is 9.97. The Hall–Kier alpha value is -2.37. The maximum atomic E-state index is 10.4. The molecule has 0 saturated heterocycles. The molecular weight excluding hydrogens is 344 g/mol. The fraction of sp³-hybridized carbons (Fsp3) is 0.286. The summed E-state index contributed by atoms with van der Waals surface area (Å²) in [5.74, 6) is 1.15. The van der Waals surface area contributed by atoms with Crippen LogP contribution in [0.25, 0.3) is 0 Å². The van der Waals surface area contributed by atoms with Gasteiger partial charge in [0.25, 0.3) is 0 Å². The quantitative estimate of drug-likeness (QED) is 0.568. The van der Waals surface area contributed by atoms with Crippen molar-refractivity contribution < 1.29 is 9.84 Å². The van der Waals surface area contributed by atoms with Gasteiger partial charge in [-0.1, -0.05) is 55.5 Å². The summed E-state index contributed by atoms with van der Waals surface area (Å²) in [5.41, 5.74) is 2.35. The van der Waals surface area contributed by atoms with E-state index in [1.165, 1.54) is 5.56 Å². The number of nitrogens with zero attached hydrogens (tertiary/aromatic N) is 1. The molecule has 1 aromatic heterocycles. The maximum Gasteiger partial charge on any atom is 0.184 e. The molecule has 2 N–H and O–H groups in total. The SMILES string of the molecule is COc1ccccc1Cc1cnc(NC(O)CC(C)c2ccccc2)s1. The van der Waals surface area contributed by atoms with Gasteiger partial charge in [-0.25, -0.2) is 4.98 Å². The van der Waals surface area contributed by atoms with Crippen LogP contribution in [0.2, 0.25) is 0 Å². The van der Waals surface area contributed by atoms with E-state index >= 15 is 0 Å². The van der Waals surface area contributed by atoms with Gasteiger partial charge in [-0.3, -0.25) is 0 Å². The second-order valence-electron chi connectivity index (χ2n) is 6.33. The zero-order valence-corrected chi connectivity index (χ0v) is 15.9. The van der Waals surface area contributed by atoms with Crippen molar-refractivity contribution in [2.24, 2.45) is 0 Å². The number of anilines is 1. The molecule has 0 aliphatic rings. The topological polar surface area (TPSA) is 54.4 Å². The second kappa shape index (κ2) is 8.83. The van der Waals surface area contributed by atoms with Crippen molar-refractivity contribution in [1.29, 1.82) is 0 Å². The number of benzene rings is 2. The number of hydrogen-bond acceptors (Lipinski definition) is 5. The molecule has 136 valence electrons. The van der Waals surface area contributed by atoms with Crippen LogP contribution in [0.3, 0.4) is 0 Å². The number of nitrogens with one attached hydrogen (secondary N) is 1. The van der Waals surface area contributed by atoms with Gasteiger partial charge in [0, 0.05) is 17.5 Å². The summed E-state index contributed by atoms with van der Waals surface area (Å²) >= 11 is 1.56. The molecule has 1 heterocycles. The predicted molar refractivity (Wildman–Crippen MR) is 107 cm³/mol. The average molecular weight is 369 g/mol. The zero-order chi connectivity index (χ0) is 18.4. The molecule has 0 radical (unpaired) electrons. The lowest BCUT2D eigenvalue weighted by molar-refractivity contribution is 0.185. The van der Waals surface area contributed by atoms with Crippen molar-refractivity contribution >= 4 is 16.5 Å². The van der Waals surface area contributed by atoms with Gasteiger partial charge in [0.15, 0.2) is 5.13 Å². The summed E-state index contributed by atoms with van der Waals surface area (Å²) in [4.78, 5) is 5.52. The van der Waals surface area contributed by atoms with Gasteiger partial charge in [-0.15, -0.1) is 11.3 Å². The number of aliphatic hydroxyl groups is 1. The Balaban J connectivity index is 1.58. The summed E-state index contributed by atoms with van der Waals surface area (Å²) in [6, 6.07) is 18.2. The van der Waals surface area contributed by atoms with Crippen LogP contribution in [0.15, 0.2) is 60.8 Å². The van der Waals surface area contributed by atoms with Crippen LogP contribution in [-0.2, 0) is 6.42 Å². The Kier molecular flexibility index (Phi) is 6.26. The first-order valence-corrected chi connectivity index (χ1v) is 9.53. The van der Waals surface area contributed by atoms with E-state index in [-0.39, 0.29) is 5.92 Å². The van der Waals surface area contributed by atoms with Crippen molar-refractivity contribution in [2.45, 2.75) is 31.9 Å². The molecule has 0 fully saturated rings. The molecule has 0 aliphatic heterocycles. The Morgan fingerprint density at radius 3 is 2.62 bits per heavy atom. The van der Waals surface area contributed by atoms with Crippen LogP contribution in [0, 0.1) is 0 Å². The first-order valence-electron chi connectivity index (χ1n) is 8.72. The molecule has 2 unspecified atom stereocenters. The minimum atomic E-state index is -0.629. The molecule has 0 saturated carbocycles. The van der Waals surface area contributed by atoms with Gasteiger partial charge in [-0.05, 0) is 29.5 Å². The van der Waals surface area contributed by atoms with Crippen molar-refractivity contribution in [3.05, 3.63) is 76.8 Å². The van der Waals surface area contributed by atoms with Crippen LogP contribution in [0.1, 0.15) is 35.3 Å². The highest BCUT2D eigenvalue weighted by atomic mass is 32.1. The highest BCUT2D eigenvalue weighted by molar-refractivity contribution is 7.15. The van der Waals surface area contributed by atoms with Crippen LogP contribution in [0.5, 0.6) is 5.75 Å². The van der Waals surface area contributed by atoms with E-state index < -0.39 is 6.23 Å². The average Bonchev–Trinajstić information content (AvgIpc) is 3.09. The molecule has 0 bridgehead atoms. The van der Waals surface area contributed by atoms with Crippen LogP contribution in [-0.4, -0.2) is 23.4 Å². The number of ether oxygens (including phenoxy) is 1. The highest BCUT2D eigenvalue weighted by Gasteiger charge is 2.14. The van der Waals surface area contributed by atoms with Crippen LogP contribution in [0.4, 0.5) is 5.13 Å². The third kappa shape index (κ3) is 4.84. The third-order valence-electron chi connectivity index (χ3n) is 4.35. The fourth-order valence-corrected chi connectivity index (χ4v) is 3.83. The number of hydrogen-bond donors (Lipinski definition) is 2. The van der Waals surface area contributed by atoms with E-state index in [1.54, 1.807) is 18.4 Å². The Morgan fingerprint density at radius 1 is 1.12 bits per heavy atom. The monoisotopic (exact) mass is 368 g/mol. The molecule has 3 rings (SSSR count). The Morgan fingerprint density at radius 2 is 1.85 bits per heavy atom. The van der Waals surface area contributed by atoms with E-state index in [4.69, 9.17) is 4.74 Å². The third-order valence-corrected chi connectivity index (χ3v) is 5.27. The first kappa shape index (κ1) is 18.4. The number of aromatic nitrogens is 1. The molecule has 26 heavy (non-hydrogen) atoms. The Bertz CT molecular complexity index is 820. The van der Waals surface area contributed by atoms with Crippen LogP contribution < -0.4 is 10.1 Å². The van der Waals surface area contributed by atoms with Crippen molar-refractivity contribution in [2.75, 3.05) is 12.4 Å².